The predicted octanol–water partition coefficient (Wildman–Crippen LogP) is 3.82. The molecule has 0 saturated heterocycles. The van der Waals surface area contributed by atoms with Crippen LogP contribution in [0.2, 0.25) is 0 Å². The molecule has 0 heteroatoms. The van der Waals surface area contributed by atoms with Gasteiger partial charge in [-0.1, -0.05) is 32.0 Å². The van der Waals surface area contributed by atoms with Crippen molar-refractivity contribution in [3.8, 4) is 0 Å². The van der Waals surface area contributed by atoms with Crippen molar-refractivity contribution in [2.75, 3.05) is 0 Å². The first kappa shape index (κ1) is 9.31. The summed E-state index contributed by atoms with van der Waals surface area (Å²) in [5.74, 6) is 0.698. The van der Waals surface area contributed by atoms with Gasteiger partial charge >= 0.3 is 0 Å². The Balaban J connectivity index is 2.96. The van der Waals surface area contributed by atoms with Crippen molar-refractivity contribution in [2.24, 2.45) is 0 Å². The van der Waals surface area contributed by atoms with Crippen LogP contribution in [-0.2, 0) is 0 Å². The molecule has 1 atom stereocenters. The van der Waals surface area contributed by atoms with E-state index in [0.29, 0.717) is 5.92 Å². The fourth-order valence-corrected chi connectivity index (χ4v) is 1.31. The molecule has 1 aromatic carbocycles. The van der Waals surface area contributed by atoms with Crippen molar-refractivity contribution in [3.63, 3.8) is 0 Å². The molecule has 0 spiro atoms. The van der Waals surface area contributed by atoms with Crippen LogP contribution >= 0.6 is 0 Å². The molecule has 1 rings (SSSR count). The van der Waals surface area contributed by atoms with Gasteiger partial charge in [-0.15, -0.1) is 0 Å². The monoisotopic (exact) mass is 162 g/mol. The van der Waals surface area contributed by atoms with E-state index in [2.05, 4.69) is 45.9 Å². The zero-order valence-electron chi connectivity index (χ0n) is 8.52. The Bertz CT molecular complexity index is 261. The molecular formula is C12H18. The Hall–Kier alpha value is -0.780. The highest BCUT2D eigenvalue weighted by Crippen LogP contribution is 2.20. The second-order valence-electron chi connectivity index (χ2n) is 3.65. The van der Waals surface area contributed by atoms with E-state index in [1.54, 1.807) is 0 Å². The van der Waals surface area contributed by atoms with Crippen LogP contribution in [0.25, 0.3) is 0 Å². The van der Waals surface area contributed by atoms with E-state index in [4.69, 9.17) is 0 Å². The van der Waals surface area contributed by atoms with E-state index in [-0.39, 0.29) is 0 Å². The quantitative estimate of drug-likeness (QED) is 0.620. The van der Waals surface area contributed by atoms with Crippen molar-refractivity contribution >= 4 is 0 Å². The largest absolute Gasteiger partial charge is 0.0648 e. The van der Waals surface area contributed by atoms with Crippen molar-refractivity contribution in [2.45, 2.75) is 40.0 Å². The van der Waals surface area contributed by atoms with Crippen molar-refractivity contribution in [1.82, 2.24) is 0 Å². The van der Waals surface area contributed by atoms with E-state index >= 15 is 0 Å². The number of hydrogen-bond acceptors (Lipinski definition) is 0. The lowest BCUT2D eigenvalue weighted by atomic mass is 9.95. The molecule has 1 unspecified atom stereocenters. The molecule has 0 heterocycles. The van der Waals surface area contributed by atoms with Gasteiger partial charge in [0.1, 0.15) is 0 Å². The van der Waals surface area contributed by atoms with Crippen molar-refractivity contribution < 1.29 is 0 Å². The van der Waals surface area contributed by atoms with E-state index < -0.39 is 0 Å². The third kappa shape index (κ3) is 1.88. The molecule has 0 amide bonds. The average Bonchev–Trinajstić information content (AvgIpc) is 2.08. The lowest BCUT2D eigenvalue weighted by Gasteiger charge is -2.10. The SMILES string of the molecule is CCC(C)c1ccc(C)c(C)c1. The number of hydrogen-bond donors (Lipinski definition) is 0. The highest BCUT2D eigenvalue weighted by molar-refractivity contribution is 5.31. The molecule has 12 heavy (non-hydrogen) atoms. The summed E-state index contributed by atoms with van der Waals surface area (Å²) >= 11 is 0. The Morgan fingerprint density at radius 1 is 1.17 bits per heavy atom. The summed E-state index contributed by atoms with van der Waals surface area (Å²) in [7, 11) is 0. The molecule has 0 nitrogen and oxygen atoms in total. The second kappa shape index (κ2) is 3.75. The van der Waals surface area contributed by atoms with Gasteiger partial charge in [-0.3, -0.25) is 0 Å². The number of benzene rings is 1. The van der Waals surface area contributed by atoms with Crippen molar-refractivity contribution in [3.05, 3.63) is 34.9 Å². The van der Waals surface area contributed by atoms with Gasteiger partial charge in [0.05, 0.1) is 0 Å². The highest BCUT2D eigenvalue weighted by Gasteiger charge is 2.02. The molecule has 0 aliphatic heterocycles. The molecule has 0 saturated carbocycles. The van der Waals surface area contributed by atoms with Crippen LogP contribution in [0.1, 0.15) is 42.9 Å². The minimum Gasteiger partial charge on any atom is -0.0648 e. The van der Waals surface area contributed by atoms with Crippen LogP contribution in [0, 0.1) is 13.8 Å². The molecule has 0 aliphatic carbocycles. The van der Waals surface area contributed by atoms with Gasteiger partial charge in [-0.2, -0.15) is 0 Å². The normalized spacial score (nSPS) is 13.0. The zero-order valence-corrected chi connectivity index (χ0v) is 8.52. The second-order valence-corrected chi connectivity index (χ2v) is 3.65. The Kier molecular flexibility index (Phi) is 2.91. The van der Waals surface area contributed by atoms with Gasteiger partial charge in [0.2, 0.25) is 0 Å². The molecule has 0 radical (unpaired) electrons. The lowest BCUT2D eigenvalue weighted by Crippen LogP contribution is -1.92. The molecule has 0 fully saturated rings. The van der Waals surface area contributed by atoms with E-state index in [1.807, 2.05) is 0 Å². The summed E-state index contributed by atoms with van der Waals surface area (Å²) in [6.07, 6.45) is 1.22. The third-order valence-corrected chi connectivity index (χ3v) is 2.71. The van der Waals surface area contributed by atoms with Crippen LogP contribution < -0.4 is 0 Å². The topological polar surface area (TPSA) is 0 Å². The van der Waals surface area contributed by atoms with Gasteiger partial charge in [0, 0.05) is 0 Å². The van der Waals surface area contributed by atoms with Crippen LogP contribution in [0.4, 0.5) is 0 Å². The molecule has 0 N–H and O–H groups in total. The maximum absolute atomic E-state index is 2.31. The lowest BCUT2D eigenvalue weighted by molar-refractivity contribution is 0.732. The smallest absolute Gasteiger partial charge is 0.0193 e. The van der Waals surface area contributed by atoms with Crippen LogP contribution in [-0.4, -0.2) is 0 Å². The Morgan fingerprint density at radius 2 is 1.83 bits per heavy atom. The maximum Gasteiger partial charge on any atom is -0.0193 e. The first-order valence-corrected chi connectivity index (χ1v) is 4.72. The van der Waals surface area contributed by atoms with Gasteiger partial charge in [-0.05, 0) is 42.9 Å². The molecule has 0 bridgehead atoms. The minimum absolute atomic E-state index is 0.698. The first-order chi connectivity index (χ1) is 5.65. The molecule has 0 aliphatic rings. The highest BCUT2D eigenvalue weighted by atomic mass is 14.1. The van der Waals surface area contributed by atoms with Gasteiger partial charge in [-0.25, -0.2) is 0 Å². The molecular weight excluding hydrogens is 144 g/mol. The average molecular weight is 162 g/mol. The predicted molar refractivity (Wildman–Crippen MR) is 54.6 cm³/mol. The molecule has 66 valence electrons. The van der Waals surface area contributed by atoms with Gasteiger partial charge in [0.25, 0.3) is 0 Å². The minimum atomic E-state index is 0.698. The third-order valence-electron chi connectivity index (χ3n) is 2.71. The molecule has 0 aromatic heterocycles. The summed E-state index contributed by atoms with van der Waals surface area (Å²) in [6, 6.07) is 6.77. The fourth-order valence-electron chi connectivity index (χ4n) is 1.31. The van der Waals surface area contributed by atoms with Gasteiger partial charge in [0.15, 0.2) is 0 Å². The Morgan fingerprint density at radius 3 is 2.33 bits per heavy atom. The molecule has 1 aromatic rings. The number of rotatable bonds is 2. The Labute approximate surface area is 75.6 Å². The van der Waals surface area contributed by atoms with Crippen LogP contribution in [0.3, 0.4) is 0 Å². The van der Waals surface area contributed by atoms with Crippen LogP contribution in [0.15, 0.2) is 18.2 Å². The zero-order chi connectivity index (χ0) is 9.14. The maximum atomic E-state index is 2.31. The summed E-state index contributed by atoms with van der Waals surface area (Å²) in [5, 5.41) is 0. The summed E-state index contributed by atoms with van der Waals surface area (Å²) < 4.78 is 0. The van der Waals surface area contributed by atoms with E-state index in [0.717, 1.165) is 0 Å². The van der Waals surface area contributed by atoms with Crippen molar-refractivity contribution in [1.29, 1.82) is 0 Å². The van der Waals surface area contributed by atoms with E-state index in [1.165, 1.54) is 23.1 Å². The fraction of sp³-hybridized carbons (Fsp3) is 0.500. The summed E-state index contributed by atoms with van der Waals surface area (Å²) in [5.41, 5.74) is 4.27. The van der Waals surface area contributed by atoms with Crippen LogP contribution in [0.5, 0.6) is 0 Å². The number of aryl methyl sites for hydroxylation is 2. The standard InChI is InChI=1S/C12H18/c1-5-9(2)12-7-6-10(3)11(4)8-12/h6-9H,5H2,1-4H3. The van der Waals surface area contributed by atoms with Gasteiger partial charge < -0.3 is 0 Å². The first-order valence-electron chi connectivity index (χ1n) is 4.72. The summed E-state index contributed by atoms with van der Waals surface area (Å²) in [6.45, 7) is 8.86. The summed E-state index contributed by atoms with van der Waals surface area (Å²) in [4.78, 5) is 0. The van der Waals surface area contributed by atoms with E-state index in [9.17, 15) is 0 Å².